The van der Waals surface area contributed by atoms with Gasteiger partial charge in [-0.05, 0) is 41.2 Å². The highest BCUT2D eigenvalue weighted by Gasteiger charge is 2.16. The summed E-state index contributed by atoms with van der Waals surface area (Å²) in [6.07, 6.45) is 3.37. The van der Waals surface area contributed by atoms with Crippen LogP contribution in [0, 0.1) is 0 Å². The second-order valence-electron chi connectivity index (χ2n) is 4.80. The van der Waals surface area contributed by atoms with E-state index in [0.29, 0.717) is 0 Å². The van der Waals surface area contributed by atoms with Crippen molar-refractivity contribution in [2.24, 2.45) is 0 Å². The molecule has 0 saturated heterocycles. The molecule has 0 radical (unpaired) electrons. The molecule has 0 bridgehead atoms. The van der Waals surface area contributed by atoms with Gasteiger partial charge in [0.2, 0.25) is 5.12 Å². The molecule has 0 saturated carbocycles. The average Bonchev–Trinajstić information content (AvgIpc) is 2.45. The molecular formula is C16H16O2P+. The maximum absolute atomic E-state index is 12.2. The molecule has 3 rings (SSSR count). The zero-order valence-electron chi connectivity index (χ0n) is 10.9. The Morgan fingerprint density at radius 2 is 1.95 bits per heavy atom. The molecule has 96 valence electrons. The topological polar surface area (TPSA) is 30.2 Å². The number of unbranched alkanes of at least 4 members (excludes halogenated alkanes) is 1. The minimum Gasteiger partial charge on any atom is -0.250 e. The highest BCUT2D eigenvalue weighted by molar-refractivity contribution is 7.37. The Balaban J connectivity index is 2.26. The van der Waals surface area contributed by atoms with Crippen molar-refractivity contribution >= 4 is 29.1 Å². The van der Waals surface area contributed by atoms with E-state index in [1.165, 1.54) is 12.0 Å². The Labute approximate surface area is 112 Å². The van der Waals surface area contributed by atoms with Crippen LogP contribution in [-0.2, 0) is 11.0 Å². The van der Waals surface area contributed by atoms with E-state index < -0.39 is 7.65 Å². The third-order valence-electron chi connectivity index (χ3n) is 3.44. The Bertz CT molecular complexity index is 789. The van der Waals surface area contributed by atoms with Crippen molar-refractivity contribution in [3.63, 3.8) is 0 Å². The molecule has 0 aliphatic rings. The minimum absolute atomic E-state index is 0.720. The fourth-order valence-electron chi connectivity index (χ4n) is 2.40. The lowest BCUT2D eigenvalue weighted by atomic mass is 10.1. The Morgan fingerprint density at radius 3 is 2.79 bits per heavy atom. The van der Waals surface area contributed by atoms with Crippen LogP contribution in [0.1, 0.15) is 25.3 Å². The number of benzene rings is 2. The molecule has 2 aromatic carbocycles. The Kier molecular flexibility index (Phi) is 3.35. The van der Waals surface area contributed by atoms with Crippen molar-refractivity contribution in [1.29, 1.82) is 0 Å². The van der Waals surface area contributed by atoms with Gasteiger partial charge in [0.25, 0.3) is 0 Å². The van der Waals surface area contributed by atoms with E-state index >= 15 is 0 Å². The van der Waals surface area contributed by atoms with Gasteiger partial charge >= 0.3 is 7.65 Å². The molecule has 1 aromatic heterocycles. The summed E-state index contributed by atoms with van der Waals surface area (Å²) < 4.78 is 17.7. The molecule has 19 heavy (non-hydrogen) atoms. The first kappa shape index (κ1) is 12.4. The van der Waals surface area contributed by atoms with Crippen molar-refractivity contribution < 1.29 is 8.76 Å². The van der Waals surface area contributed by atoms with E-state index in [1.54, 1.807) is 0 Å². The number of hydrogen-bond acceptors (Lipinski definition) is 2. The molecule has 0 aliphatic heterocycles. The summed E-state index contributed by atoms with van der Waals surface area (Å²) in [5.41, 5.74) is 1.96. The maximum atomic E-state index is 12.2. The van der Waals surface area contributed by atoms with Crippen molar-refractivity contribution in [2.75, 3.05) is 0 Å². The van der Waals surface area contributed by atoms with Gasteiger partial charge in [0.1, 0.15) is 0 Å². The van der Waals surface area contributed by atoms with E-state index in [1.807, 2.05) is 30.3 Å². The lowest BCUT2D eigenvalue weighted by Crippen LogP contribution is -1.84. The van der Waals surface area contributed by atoms with Crippen molar-refractivity contribution in [3.05, 3.63) is 48.0 Å². The molecule has 3 heteroatoms. The standard InChI is InChI=1S/C16H16O2P/c1-2-3-6-12-9-10-14-13-7-4-5-8-15(13)18-19(17)16(14)11-12/h4-5,7-11H,2-3,6H2,1H3/q+1. The normalized spacial score (nSPS) is 12.2. The van der Waals surface area contributed by atoms with Crippen LogP contribution in [0.15, 0.2) is 46.7 Å². The summed E-state index contributed by atoms with van der Waals surface area (Å²) in [4.78, 5) is 0. The molecule has 0 amide bonds. The van der Waals surface area contributed by atoms with Crippen LogP contribution in [0.4, 0.5) is 0 Å². The number of para-hydroxylation sites is 1. The Morgan fingerprint density at radius 1 is 1.11 bits per heavy atom. The van der Waals surface area contributed by atoms with Gasteiger partial charge in [-0.1, -0.05) is 37.6 Å². The van der Waals surface area contributed by atoms with Crippen LogP contribution in [0.3, 0.4) is 0 Å². The first-order chi connectivity index (χ1) is 9.29. The quantitative estimate of drug-likeness (QED) is 0.574. The van der Waals surface area contributed by atoms with E-state index in [0.717, 1.165) is 34.3 Å². The van der Waals surface area contributed by atoms with Crippen molar-refractivity contribution in [2.45, 2.75) is 26.2 Å². The molecule has 1 unspecified atom stereocenters. The first-order valence-electron chi connectivity index (χ1n) is 6.67. The van der Waals surface area contributed by atoms with Crippen LogP contribution < -0.4 is 0 Å². The maximum Gasteiger partial charge on any atom is 0.597 e. The third kappa shape index (κ3) is 2.29. The minimum atomic E-state index is -1.78. The van der Waals surface area contributed by atoms with Crippen LogP contribution in [-0.4, -0.2) is 0 Å². The second-order valence-corrected chi connectivity index (χ2v) is 5.98. The van der Waals surface area contributed by atoms with Crippen LogP contribution >= 0.6 is 7.65 Å². The van der Waals surface area contributed by atoms with E-state index in [-0.39, 0.29) is 0 Å². The number of aryl methyl sites for hydroxylation is 1. The van der Waals surface area contributed by atoms with E-state index in [2.05, 4.69) is 19.1 Å². The molecular weight excluding hydrogens is 255 g/mol. The number of rotatable bonds is 3. The highest BCUT2D eigenvalue weighted by atomic mass is 31.1. The predicted molar refractivity (Wildman–Crippen MR) is 79.9 cm³/mol. The van der Waals surface area contributed by atoms with Gasteiger partial charge in [0, 0.05) is 10.8 Å². The smallest absolute Gasteiger partial charge is 0.250 e. The summed E-state index contributed by atoms with van der Waals surface area (Å²) in [7, 11) is -1.78. The van der Waals surface area contributed by atoms with Crippen molar-refractivity contribution in [1.82, 2.24) is 0 Å². The van der Waals surface area contributed by atoms with Crippen LogP contribution in [0.25, 0.3) is 21.5 Å². The summed E-state index contributed by atoms with van der Waals surface area (Å²) in [5, 5.41) is 2.92. The molecule has 3 aromatic rings. The average molecular weight is 271 g/mol. The zero-order chi connectivity index (χ0) is 13.2. The summed E-state index contributed by atoms with van der Waals surface area (Å²) in [5.74, 6) is 0. The molecule has 0 spiro atoms. The second kappa shape index (κ2) is 5.14. The van der Waals surface area contributed by atoms with E-state index in [4.69, 9.17) is 4.20 Å². The molecule has 0 aliphatic carbocycles. The third-order valence-corrected chi connectivity index (χ3v) is 4.56. The molecule has 2 nitrogen and oxygen atoms in total. The SMILES string of the molecule is CCCCc1ccc2c3ccccc3o[p+](=O)c2c1. The van der Waals surface area contributed by atoms with Gasteiger partial charge in [-0.3, -0.25) is 0 Å². The van der Waals surface area contributed by atoms with Gasteiger partial charge in [-0.2, -0.15) is 0 Å². The van der Waals surface area contributed by atoms with Gasteiger partial charge in [-0.15, -0.1) is 0 Å². The summed E-state index contributed by atoms with van der Waals surface area (Å²) in [6, 6.07) is 14.0. The predicted octanol–water partition coefficient (Wildman–Crippen LogP) is 5.67. The monoisotopic (exact) mass is 271 g/mol. The molecule has 0 N–H and O–H groups in total. The lowest BCUT2D eigenvalue weighted by molar-refractivity contribution is 0.563. The summed E-state index contributed by atoms with van der Waals surface area (Å²) >= 11 is 0. The number of hydrogen-bond donors (Lipinski definition) is 0. The van der Waals surface area contributed by atoms with Gasteiger partial charge in [0.15, 0.2) is 5.58 Å². The number of fused-ring (bicyclic) bond motifs is 3. The first-order valence-corrected chi connectivity index (χ1v) is 7.85. The van der Waals surface area contributed by atoms with Crippen LogP contribution in [0.5, 0.6) is 0 Å². The Hall–Kier alpha value is -1.66. The van der Waals surface area contributed by atoms with E-state index in [9.17, 15) is 4.57 Å². The fourth-order valence-corrected chi connectivity index (χ4v) is 3.50. The van der Waals surface area contributed by atoms with Crippen molar-refractivity contribution in [3.8, 4) is 0 Å². The molecule has 0 fully saturated rings. The fraction of sp³-hybridized carbons (Fsp3) is 0.250. The van der Waals surface area contributed by atoms with Gasteiger partial charge < -0.3 is 0 Å². The zero-order valence-corrected chi connectivity index (χ0v) is 11.8. The van der Waals surface area contributed by atoms with Gasteiger partial charge in [-0.25, -0.2) is 4.20 Å². The van der Waals surface area contributed by atoms with Crippen LogP contribution in [0.2, 0.25) is 0 Å². The molecule has 1 atom stereocenters. The highest BCUT2D eigenvalue weighted by Crippen LogP contribution is 2.35. The largest absolute Gasteiger partial charge is 0.597 e. The summed E-state index contributed by atoms with van der Waals surface area (Å²) in [6.45, 7) is 2.18. The van der Waals surface area contributed by atoms with Gasteiger partial charge in [0.05, 0.1) is 0 Å². The lowest BCUT2D eigenvalue weighted by Gasteiger charge is -2.00. The molecule has 1 heterocycles.